The van der Waals surface area contributed by atoms with E-state index in [2.05, 4.69) is 12.6 Å². The average molecular weight is 166 g/mol. The molecule has 1 rings (SSSR count). The van der Waals surface area contributed by atoms with E-state index in [4.69, 9.17) is 0 Å². The van der Waals surface area contributed by atoms with Crippen LogP contribution in [0.3, 0.4) is 0 Å². The van der Waals surface area contributed by atoms with Gasteiger partial charge in [-0.3, -0.25) is 4.79 Å². The molecule has 0 aliphatic carbocycles. The van der Waals surface area contributed by atoms with Crippen molar-refractivity contribution in [3.8, 4) is 0 Å². The predicted molar refractivity (Wildman–Crippen MR) is 49.2 cm³/mol. The second-order valence-electron chi connectivity index (χ2n) is 2.46. The fourth-order valence-electron chi connectivity index (χ4n) is 0.853. The summed E-state index contributed by atoms with van der Waals surface area (Å²) < 4.78 is 0. The van der Waals surface area contributed by atoms with Crippen LogP contribution < -0.4 is 0 Å². The maximum Gasteiger partial charge on any atom is 0.150 e. The van der Waals surface area contributed by atoms with Crippen molar-refractivity contribution in [2.75, 3.05) is 0 Å². The molecule has 0 aliphatic heterocycles. The number of thiol groups is 1. The fourth-order valence-corrected chi connectivity index (χ4v) is 1.03. The minimum atomic E-state index is 0.232. The second kappa shape index (κ2) is 3.58. The molecule has 1 unspecified atom stereocenters. The van der Waals surface area contributed by atoms with E-state index in [0.29, 0.717) is 5.56 Å². The zero-order valence-electron chi connectivity index (χ0n) is 6.32. The molecule has 0 saturated heterocycles. The van der Waals surface area contributed by atoms with E-state index in [9.17, 15) is 4.79 Å². The first-order valence-corrected chi connectivity index (χ1v) is 3.99. The highest BCUT2D eigenvalue weighted by Gasteiger charge is 1.97. The summed E-state index contributed by atoms with van der Waals surface area (Å²) in [5.41, 5.74) is 1.85. The summed E-state index contributed by atoms with van der Waals surface area (Å²) >= 11 is 4.26. The molecule has 0 spiro atoms. The van der Waals surface area contributed by atoms with Gasteiger partial charge in [-0.05, 0) is 12.5 Å². The summed E-state index contributed by atoms with van der Waals surface area (Å²) in [6.45, 7) is 2.00. The molecule has 58 valence electrons. The van der Waals surface area contributed by atoms with Crippen LogP contribution in [0.15, 0.2) is 24.3 Å². The molecule has 0 fully saturated rings. The van der Waals surface area contributed by atoms with Gasteiger partial charge in [-0.1, -0.05) is 24.3 Å². The molecule has 0 radical (unpaired) electrons. The number of carbonyl (C=O) groups is 1. The largest absolute Gasteiger partial charge is 0.298 e. The number of rotatable bonds is 2. The van der Waals surface area contributed by atoms with Gasteiger partial charge in [-0.15, -0.1) is 0 Å². The van der Waals surface area contributed by atoms with Crippen LogP contribution in [0.4, 0.5) is 0 Å². The molecule has 0 N–H and O–H groups in total. The Morgan fingerprint density at radius 3 is 2.27 bits per heavy atom. The third kappa shape index (κ3) is 2.09. The van der Waals surface area contributed by atoms with Gasteiger partial charge < -0.3 is 0 Å². The van der Waals surface area contributed by atoms with Crippen molar-refractivity contribution < 1.29 is 4.79 Å². The zero-order chi connectivity index (χ0) is 8.27. The first-order chi connectivity index (χ1) is 5.24. The lowest BCUT2D eigenvalue weighted by Gasteiger charge is -2.02. The van der Waals surface area contributed by atoms with Crippen molar-refractivity contribution in [1.29, 1.82) is 0 Å². The molecule has 2 heteroatoms. The van der Waals surface area contributed by atoms with Crippen molar-refractivity contribution in [3.63, 3.8) is 0 Å². The highest BCUT2D eigenvalue weighted by Crippen LogP contribution is 2.18. The summed E-state index contributed by atoms with van der Waals surface area (Å²) in [6.07, 6.45) is 0.840. The summed E-state index contributed by atoms with van der Waals surface area (Å²) in [5.74, 6) is 0. The number of hydrogen-bond donors (Lipinski definition) is 1. The van der Waals surface area contributed by atoms with E-state index >= 15 is 0 Å². The predicted octanol–water partition coefficient (Wildman–Crippen LogP) is 2.49. The van der Waals surface area contributed by atoms with E-state index in [0.717, 1.165) is 11.8 Å². The van der Waals surface area contributed by atoms with Crippen LogP contribution in [-0.4, -0.2) is 6.29 Å². The Hall–Kier alpha value is -0.760. The first kappa shape index (κ1) is 8.34. The maximum atomic E-state index is 10.3. The molecule has 0 aromatic heterocycles. The molecule has 1 aromatic rings. The number of hydrogen-bond acceptors (Lipinski definition) is 2. The van der Waals surface area contributed by atoms with Crippen LogP contribution in [0.25, 0.3) is 0 Å². The van der Waals surface area contributed by atoms with Gasteiger partial charge in [0.1, 0.15) is 6.29 Å². The molecular formula is C9H10OS. The summed E-state index contributed by atoms with van der Waals surface area (Å²) in [5, 5.41) is 0.232. The summed E-state index contributed by atoms with van der Waals surface area (Å²) in [6, 6.07) is 7.44. The van der Waals surface area contributed by atoms with E-state index in [1.807, 2.05) is 19.1 Å². The second-order valence-corrected chi connectivity index (χ2v) is 3.24. The minimum Gasteiger partial charge on any atom is -0.298 e. The fraction of sp³-hybridized carbons (Fsp3) is 0.222. The van der Waals surface area contributed by atoms with Crippen molar-refractivity contribution >= 4 is 18.9 Å². The van der Waals surface area contributed by atoms with Crippen LogP contribution in [0.2, 0.25) is 0 Å². The molecular weight excluding hydrogens is 156 g/mol. The van der Waals surface area contributed by atoms with Gasteiger partial charge in [-0.25, -0.2) is 0 Å². The lowest BCUT2D eigenvalue weighted by molar-refractivity contribution is 0.112. The van der Waals surface area contributed by atoms with Gasteiger partial charge in [0.25, 0.3) is 0 Å². The lowest BCUT2D eigenvalue weighted by atomic mass is 10.1. The monoisotopic (exact) mass is 166 g/mol. The third-order valence-electron chi connectivity index (χ3n) is 1.55. The van der Waals surface area contributed by atoms with Gasteiger partial charge in [0.15, 0.2) is 0 Å². The van der Waals surface area contributed by atoms with Crippen LogP contribution in [0.5, 0.6) is 0 Å². The van der Waals surface area contributed by atoms with Gasteiger partial charge in [0.2, 0.25) is 0 Å². The quantitative estimate of drug-likeness (QED) is 0.527. The molecule has 0 heterocycles. The minimum absolute atomic E-state index is 0.232. The van der Waals surface area contributed by atoms with E-state index < -0.39 is 0 Å². The van der Waals surface area contributed by atoms with Crippen LogP contribution in [0, 0.1) is 0 Å². The molecule has 0 aliphatic rings. The number of aldehydes is 1. The maximum absolute atomic E-state index is 10.3. The molecule has 1 atom stereocenters. The molecule has 11 heavy (non-hydrogen) atoms. The van der Waals surface area contributed by atoms with Crippen molar-refractivity contribution in [2.24, 2.45) is 0 Å². The van der Waals surface area contributed by atoms with Gasteiger partial charge >= 0.3 is 0 Å². The van der Waals surface area contributed by atoms with Crippen molar-refractivity contribution in [2.45, 2.75) is 12.2 Å². The normalized spacial score (nSPS) is 12.5. The Morgan fingerprint density at radius 1 is 1.36 bits per heavy atom. The molecule has 0 amide bonds. The number of benzene rings is 1. The van der Waals surface area contributed by atoms with Gasteiger partial charge in [0, 0.05) is 10.8 Å². The van der Waals surface area contributed by atoms with E-state index in [1.54, 1.807) is 12.1 Å². The highest BCUT2D eigenvalue weighted by molar-refractivity contribution is 7.80. The Labute approximate surface area is 71.8 Å². The van der Waals surface area contributed by atoms with Crippen molar-refractivity contribution in [1.82, 2.24) is 0 Å². The smallest absolute Gasteiger partial charge is 0.150 e. The Bertz CT molecular complexity index is 238. The SMILES string of the molecule is CC(S)c1ccc(C=O)cc1. The molecule has 0 saturated carbocycles. The van der Waals surface area contributed by atoms with E-state index in [-0.39, 0.29) is 5.25 Å². The Balaban J connectivity index is 2.91. The van der Waals surface area contributed by atoms with E-state index in [1.165, 1.54) is 0 Å². The van der Waals surface area contributed by atoms with Crippen LogP contribution >= 0.6 is 12.6 Å². The first-order valence-electron chi connectivity index (χ1n) is 3.47. The highest BCUT2D eigenvalue weighted by atomic mass is 32.1. The summed E-state index contributed by atoms with van der Waals surface area (Å²) in [4.78, 5) is 10.3. The van der Waals surface area contributed by atoms with Crippen molar-refractivity contribution in [3.05, 3.63) is 35.4 Å². The molecule has 0 bridgehead atoms. The molecule has 1 nitrogen and oxygen atoms in total. The standard InChI is InChI=1S/C9H10OS/c1-7(11)9-4-2-8(6-10)3-5-9/h2-7,11H,1H3. The average Bonchev–Trinajstić information content (AvgIpc) is 2.05. The van der Waals surface area contributed by atoms with Gasteiger partial charge in [-0.2, -0.15) is 12.6 Å². The Morgan fingerprint density at radius 2 is 1.91 bits per heavy atom. The molecule has 1 aromatic carbocycles. The summed E-state index contributed by atoms with van der Waals surface area (Å²) in [7, 11) is 0. The zero-order valence-corrected chi connectivity index (χ0v) is 7.21. The van der Waals surface area contributed by atoms with Gasteiger partial charge in [0.05, 0.1) is 0 Å². The lowest BCUT2D eigenvalue weighted by Crippen LogP contribution is -1.85. The topological polar surface area (TPSA) is 17.1 Å². The van der Waals surface area contributed by atoms with Crippen LogP contribution in [0.1, 0.15) is 28.1 Å². The third-order valence-corrected chi connectivity index (χ3v) is 1.85. The number of carbonyl (C=O) groups excluding carboxylic acids is 1. The van der Waals surface area contributed by atoms with Crippen LogP contribution in [-0.2, 0) is 0 Å². The Kier molecular flexibility index (Phi) is 2.71.